The van der Waals surface area contributed by atoms with Crippen LogP contribution in [0.3, 0.4) is 0 Å². The zero-order valence-electron chi connectivity index (χ0n) is 18.8. The van der Waals surface area contributed by atoms with Gasteiger partial charge in [-0.1, -0.05) is 60.7 Å². The van der Waals surface area contributed by atoms with Crippen molar-refractivity contribution in [3.63, 3.8) is 0 Å². The van der Waals surface area contributed by atoms with Crippen LogP contribution in [0.4, 0.5) is 10.5 Å². The fourth-order valence-electron chi connectivity index (χ4n) is 4.76. The molecule has 8 nitrogen and oxygen atoms in total. The highest BCUT2D eigenvalue weighted by Gasteiger charge is 2.30. The van der Waals surface area contributed by atoms with Gasteiger partial charge in [0.15, 0.2) is 0 Å². The Morgan fingerprint density at radius 3 is 2.37 bits per heavy atom. The standard InChI is InChI=1S/C27H24N2O6/c30-25(28-17-7-5-6-16(14-17)26(31)32)24-23(12-13-34-24)29-27(33)35-15-22-20-10-3-1-8-18(20)19-9-2-4-11-21(19)22/h1-5,7-13,16-17,22H,6,14-15H2,(H,28,30)(H,29,33)(H,31,32). The first-order valence-corrected chi connectivity index (χ1v) is 11.4. The molecule has 3 N–H and O–H groups in total. The van der Waals surface area contributed by atoms with Crippen molar-refractivity contribution >= 4 is 23.7 Å². The molecule has 2 unspecified atom stereocenters. The second-order valence-electron chi connectivity index (χ2n) is 8.63. The Labute approximate surface area is 201 Å². The molecule has 2 aliphatic carbocycles. The number of carbonyl (C=O) groups excluding carboxylic acids is 2. The highest BCUT2D eigenvalue weighted by Crippen LogP contribution is 2.44. The topological polar surface area (TPSA) is 118 Å². The molecule has 5 rings (SSSR count). The van der Waals surface area contributed by atoms with Crippen LogP contribution in [0.25, 0.3) is 11.1 Å². The van der Waals surface area contributed by atoms with E-state index in [0.717, 1.165) is 22.3 Å². The highest BCUT2D eigenvalue weighted by atomic mass is 16.5. The van der Waals surface area contributed by atoms with Gasteiger partial charge < -0.3 is 19.6 Å². The predicted octanol–water partition coefficient (Wildman–Crippen LogP) is 4.79. The zero-order chi connectivity index (χ0) is 24.4. The molecule has 2 amide bonds. The first-order valence-electron chi connectivity index (χ1n) is 11.4. The van der Waals surface area contributed by atoms with Gasteiger partial charge in [-0.2, -0.15) is 0 Å². The molecule has 35 heavy (non-hydrogen) atoms. The summed E-state index contributed by atoms with van der Waals surface area (Å²) in [6.45, 7) is 0.142. The number of carboxylic acid groups (broad SMARTS) is 1. The van der Waals surface area contributed by atoms with Crippen LogP contribution in [0.5, 0.6) is 0 Å². The molecule has 1 aromatic heterocycles. The molecular formula is C27H24N2O6. The molecule has 0 radical (unpaired) electrons. The van der Waals surface area contributed by atoms with Crippen LogP contribution in [-0.4, -0.2) is 35.7 Å². The van der Waals surface area contributed by atoms with Crippen molar-refractivity contribution in [3.05, 3.63) is 89.9 Å². The van der Waals surface area contributed by atoms with Gasteiger partial charge in [0.25, 0.3) is 5.91 Å². The van der Waals surface area contributed by atoms with Gasteiger partial charge in [-0.3, -0.25) is 14.9 Å². The quantitative estimate of drug-likeness (QED) is 0.444. The molecule has 3 aromatic rings. The number of hydrogen-bond donors (Lipinski definition) is 3. The molecule has 2 atom stereocenters. The van der Waals surface area contributed by atoms with E-state index in [9.17, 15) is 19.5 Å². The molecule has 0 saturated heterocycles. The van der Waals surface area contributed by atoms with Crippen LogP contribution >= 0.6 is 0 Å². The van der Waals surface area contributed by atoms with Gasteiger partial charge in [-0.15, -0.1) is 0 Å². The number of amides is 2. The number of fused-ring (bicyclic) bond motifs is 3. The molecule has 2 aliphatic rings. The van der Waals surface area contributed by atoms with Gasteiger partial charge in [-0.25, -0.2) is 4.79 Å². The van der Waals surface area contributed by atoms with Gasteiger partial charge in [-0.05, 0) is 35.1 Å². The molecule has 0 bridgehead atoms. The number of nitrogens with one attached hydrogen (secondary N) is 2. The summed E-state index contributed by atoms with van der Waals surface area (Å²) in [4.78, 5) is 36.6. The largest absolute Gasteiger partial charge is 0.481 e. The Morgan fingerprint density at radius 1 is 1.00 bits per heavy atom. The van der Waals surface area contributed by atoms with Gasteiger partial charge in [0, 0.05) is 18.0 Å². The average Bonchev–Trinajstić information content (AvgIpc) is 3.45. The van der Waals surface area contributed by atoms with Gasteiger partial charge >= 0.3 is 12.1 Å². The lowest BCUT2D eigenvalue weighted by Gasteiger charge is -2.22. The minimum absolute atomic E-state index is 0.0793. The number of ether oxygens (including phenoxy) is 1. The van der Waals surface area contributed by atoms with E-state index in [4.69, 9.17) is 9.15 Å². The molecule has 1 heterocycles. The Bertz CT molecular complexity index is 1260. The van der Waals surface area contributed by atoms with E-state index in [0.29, 0.717) is 6.42 Å². The third-order valence-corrected chi connectivity index (χ3v) is 6.45. The predicted molar refractivity (Wildman–Crippen MR) is 128 cm³/mol. The third-order valence-electron chi connectivity index (χ3n) is 6.45. The van der Waals surface area contributed by atoms with Crippen LogP contribution in [-0.2, 0) is 9.53 Å². The smallest absolute Gasteiger partial charge is 0.411 e. The molecule has 2 aromatic carbocycles. The van der Waals surface area contributed by atoms with Crippen molar-refractivity contribution in [2.24, 2.45) is 5.92 Å². The second kappa shape index (κ2) is 9.50. The first kappa shape index (κ1) is 22.5. The molecule has 0 aliphatic heterocycles. The number of benzene rings is 2. The Balaban J connectivity index is 1.22. The van der Waals surface area contributed by atoms with E-state index in [1.807, 2.05) is 36.4 Å². The normalized spacial score (nSPS) is 18.4. The van der Waals surface area contributed by atoms with Crippen molar-refractivity contribution in [1.82, 2.24) is 5.32 Å². The molecular weight excluding hydrogens is 448 g/mol. The summed E-state index contributed by atoms with van der Waals surface area (Å²) >= 11 is 0. The average molecular weight is 472 g/mol. The van der Waals surface area contributed by atoms with Crippen molar-refractivity contribution in [3.8, 4) is 11.1 Å². The van der Waals surface area contributed by atoms with E-state index in [2.05, 4.69) is 22.8 Å². The number of aliphatic carboxylic acids is 1. The summed E-state index contributed by atoms with van der Waals surface area (Å²) in [5.41, 5.74) is 4.64. The maximum Gasteiger partial charge on any atom is 0.411 e. The molecule has 178 valence electrons. The van der Waals surface area contributed by atoms with Crippen molar-refractivity contribution in [1.29, 1.82) is 0 Å². The SMILES string of the molecule is O=C(Nc1ccoc1C(=O)NC1C=CCC(C(=O)O)C1)OCC1c2ccccc2-c2ccccc21. The number of allylic oxidation sites excluding steroid dienone is 1. The molecule has 0 saturated carbocycles. The zero-order valence-corrected chi connectivity index (χ0v) is 18.8. The minimum atomic E-state index is -0.899. The summed E-state index contributed by atoms with van der Waals surface area (Å²) in [5, 5.41) is 14.6. The van der Waals surface area contributed by atoms with E-state index in [1.165, 1.54) is 12.3 Å². The van der Waals surface area contributed by atoms with E-state index in [-0.39, 0.29) is 30.4 Å². The Hall–Kier alpha value is -4.33. The van der Waals surface area contributed by atoms with Crippen LogP contribution in [0.15, 0.2) is 77.4 Å². The molecule has 8 heteroatoms. The summed E-state index contributed by atoms with van der Waals surface area (Å²) in [6, 6.07) is 17.1. The van der Waals surface area contributed by atoms with Crippen LogP contribution in [0, 0.1) is 5.92 Å². The first-order chi connectivity index (χ1) is 17.0. The summed E-state index contributed by atoms with van der Waals surface area (Å²) < 4.78 is 10.8. The van der Waals surface area contributed by atoms with Crippen molar-refractivity contribution in [2.75, 3.05) is 11.9 Å². The number of carbonyl (C=O) groups is 3. The summed E-state index contributed by atoms with van der Waals surface area (Å²) in [7, 11) is 0. The maximum absolute atomic E-state index is 12.7. The fourth-order valence-corrected chi connectivity index (χ4v) is 4.76. The molecule has 0 fully saturated rings. The van der Waals surface area contributed by atoms with E-state index in [1.54, 1.807) is 12.2 Å². The van der Waals surface area contributed by atoms with Crippen LogP contribution in [0.1, 0.15) is 40.4 Å². The van der Waals surface area contributed by atoms with Crippen LogP contribution < -0.4 is 10.6 Å². The lowest BCUT2D eigenvalue weighted by atomic mass is 9.91. The van der Waals surface area contributed by atoms with Gasteiger partial charge in [0.05, 0.1) is 17.9 Å². The summed E-state index contributed by atoms with van der Waals surface area (Å²) in [5.74, 6) is -2.17. The minimum Gasteiger partial charge on any atom is -0.481 e. The van der Waals surface area contributed by atoms with Gasteiger partial charge in [0.2, 0.25) is 5.76 Å². The lowest BCUT2D eigenvalue weighted by Crippen LogP contribution is -2.38. The van der Waals surface area contributed by atoms with Crippen molar-refractivity contribution < 1.29 is 28.6 Å². The van der Waals surface area contributed by atoms with Crippen molar-refractivity contribution in [2.45, 2.75) is 24.8 Å². The van der Waals surface area contributed by atoms with Crippen LogP contribution in [0.2, 0.25) is 0 Å². The number of carboxylic acids is 1. The fraction of sp³-hybridized carbons (Fsp3) is 0.222. The number of hydrogen-bond acceptors (Lipinski definition) is 5. The Kier molecular flexibility index (Phi) is 6.10. The van der Waals surface area contributed by atoms with Gasteiger partial charge in [0.1, 0.15) is 6.61 Å². The van der Waals surface area contributed by atoms with E-state index < -0.39 is 29.9 Å². The monoisotopic (exact) mass is 472 g/mol. The third kappa shape index (κ3) is 4.55. The molecule has 0 spiro atoms. The van der Waals surface area contributed by atoms with E-state index >= 15 is 0 Å². The maximum atomic E-state index is 12.7. The summed E-state index contributed by atoms with van der Waals surface area (Å²) in [6.07, 6.45) is 4.81. The number of anilines is 1. The Morgan fingerprint density at radius 2 is 1.69 bits per heavy atom. The number of rotatable bonds is 6. The highest BCUT2D eigenvalue weighted by molar-refractivity contribution is 6.00. The lowest BCUT2D eigenvalue weighted by molar-refractivity contribution is -0.142. The second-order valence-corrected chi connectivity index (χ2v) is 8.63. The number of furan rings is 1.